The van der Waals surface area contributed by atoms with Crippen LogP contribution in [-0.2, 0) is 11.3 Å². The zero-order valence-electron chi connectivity index (χ0n) is 10.5. The molecule has 0 spiro atoms. The zero-order valence-corrected chi connectivity index (χ0v) is 10.5. The summed E-state index contributed by atoms with van der Waals surface area (Å²) in [4.78, 5) is 26.6. The maximum atomic E-state index is 11.7. The van der Waals surface area contributed by atoms with Crippen LogP contribution in [-0.4, -0.2) is 22.4 Å². The number of nitrogens with zero attached hydrogens (tertiary/aromatic N) is 2. The normalized spacial score (nSPS) is 10.3. The van der Waals surface area contributed by atoms with Crippen molar-refractivity contribution in [1.29, 1.82) is 0 Å². The van der Waals surface area contributed by atoms with Gasteiger partial charge in [-0.3, -0.25) is 9.36 Å². The van der Waals surface area contributed by atoms with Gasteiger partial charge in [0.15, 0.2) is 0 Å². The van der Waals surface area contributed by atoms with E-state index in [9.17, 15) is 9.59 Å². The molecule has 0 saturated carbocycles. The molecule has 0 aliphatic rings. The lowest BCUT2D eigenvalue weighted by Gasteiger charge is -2.10. The third-order valence-electron chi connectivity index (χ3n) is 2.44. The second kappa shape index (κ2) is 6.18. The van der Waals surface area contributed by atoms with Crippen molar-refractivity contribution in [3.63, 3.8) is 0 Å². The first kappa shape index (κ1) is 13.4. The molecule has 0 amide bonds. The van der Waals surface area contributed by atoms with Crippen LogP contribution in [0.1, 0.15) is 31.9 Å². The van der Waals surface area contributed by atoms with Crippen molar-refractivity contribution in [2.24, 2.45) is 0 Å². The van der Waals surface area contributed by atoms with Gasteiger partial charge in [0.1, 0.15) is 5.78 Å². The lowest BCUT2D eigenvalue weighted by atomic mass is 10.2. The molecule has 5 heteroatoms. The summed E-state index contributed by atoms with van der Waals surface area (Å²) in [5, 5.41) is 0. The molecule has 0 aromatic carbocycles. The van der Waals surface area contributed by atoms with Gasteiger partial charge in [0, 0.05) is 24.7 Å². The van der Waals surface area contributed by atoms with Crippen LogP contribution in [0.3, 0.4) is 0 Å². The quantitative estimate of drug-likeness (QED) is 0.701. The Bertz CT molecular complexity index is 452. The standard InChI is InChI=1S/C12H18N2O3/c1-9-8-11(16)14(12(13-9)17-3)7-5-4-6-10(2)15/h8H,4-7H2,1-3H3. The minimum atomic E-state index is -0.114. The highest BCUT2D eigenvalue weighted by molar-refractivity contribution is 5.75. The van der Waals surface area contributed by atoms with Crippen LogP contribution in [0.2, 0.25) is 0 Å². The van der Waals surface area contributed by atoms with Gasteiger partial charge in [-0.05, 0) is 26.7 Å². The Labute approximate surface area is 100 Å². The average molecular weight is 238 g/mol. The van der Waals surface area contributed by atoms with Crippen LogP contribution < -0.4 is 10.3 Å². The highest BCUT2D eigenvalue weighted by Crippen LogP contribution is 2.07. The number of unbranched alkanes of at least 4 members (excludes halogenated alkanes) is 1. The number of carbonyl (C=O) groups excluding carboxylic acids is 1. The summed E-state index contributed by atoms with van der Waals surface area (Å²) in [6.07, 6.45) is 2.09. The van der Waals surface area contributed by atoms with E-state index < -0.39 is 0 Å². The molecule has 0 bridgehead atoms. The van der Waals surface area contributed by atoms with Crippen LogP contribution in [0, 0.1) is 6.92 Å². The van der Waals surface area contributed by atoms with Crippen molar-refractivity contribution in [2.45, 2.75) is 39.7 Å². The van der Waals surface area contributed by atoms with Crippen LogP contribution in [0.25, 0.3) is 0 Å². The van der Waals surface area contributed by atoms with E-state index in [0.717, 1.165) is 12.8 Å². The molecule has 1 heterocycles. The highest BCUT2D eigenvalue weighted by Gasteiger charge is 2.06. The van der Waals surface area contributed by atoms with Crippen molar-refractivity contribution < 1.29 is 9.53 Å². The van der Waals surface area contributed by atoms with Gasteiger partial charge in [-0.25, -0.2) is 4.98 Å². The molecule has 0 unspecified atom stereocenters. The number of methoxy groups -OCH3 is 1. The van der Waals surface area contributed by atoms with Gasteiger partial charge in [-0.15, -0.1) is 0 Å². The average Bonchev–Trinajstić information content (AvgIpc) is 2.25. The Balaban J connectivity index is 2.70. The van der Waals surface area contributed by atoms with Gasteiger partial charge >= 0.3 is 0 Å². The third-order valence-corrected chi connectivity index (χ3v) is 2.44. The Morgan fingerprint density at radius 1 is 1.47 bits per heavy atom. The minimum Gasteiger partial charge on any atom is -0.468 e. The second-order valence-corrected chi connectivity index (χ2v) is 4.03. The predicted molar refractivity (Wildman–Crippen MR) is 64.3 cm³/mol. The van der Waals surface area contributed by atoms with E-state index in [1.165, 1.54) is 17.7 Å². The number of carbonyl (C=O) groups is 1. The van der Waals surface area contributed by atoms with E-state index in [1.54, 1.807) is 13.8 Å². The molecule has 0 atom stereocenters. The van der Waals surface area contributed by atoms with E-state index >= 15 is 0 Å². The van der Waals surface area contributed by atoms with Crippen molar-refractivity contribution in [3.8, 4) is 6.01 Å². The minimum absolute atomic E-state index is 0.114. The number of hydrogen-bond donors (Lipinski definition) is 0. The summed E-state index contributed by atoms with van der Waals surface area (Å²) < 4.78 is 6.56. The van der Waals surface area contributed by atoms with Crippen molar-refractivity contribution >= 4 is 5.78 Å². The van der Waals surface area contributed by atoms with E-state index in [4.69, 9.17) is 4.74 Å². The Hall–Kier alpha value is -1.65. The van der Waals surface area contributed by atoms with Crippen LogP contribution in [0.15, 0.2) is 10.9 Å². The van der Waals surface area contributed by atoms with Gasteiger partial charge in [-0.1, -0.05) is 0 Å². The third kappa shape index (κ3) is 4.01. The first-order chi connectivity index (χ1) is 8.04. The van der Waals surface area contributed by atoms with E-state index in [1.807, 2.05) is 0 Å². The fraction of sp³-hybridized carbons (Fsp3) is 0.583. The lowest BCUT2D eigenvalue weighted by Crippen LogP contribution is -2.22. The molecule has 94 valence electrons. The second-order valence-electron chi connectivity index (χ2n) is 4.03. The number of aryl methyl sites for hydroxylation is 1. The number of hydrogen-bond acceptors (Lipinski definition) is 4. The molecule has 0 aliphatic carbocycles. The summed E-state index contributed by atoms with van der Waals surface area (Å²) in [6, 6.07) is 1.81. The van der Waals surface area contributed by atoms with Gasteiger partial charge in [0.2, 0.25) is 0 Å². The SMILES string of the molecule is COc1nc(C)cc(=O)n1CCCCC(C)=O. The molecule has 1 aromatic heterocycles. The largest absolute Gasteiger partial charge is 0.468 e. The molecular formula is C12H18N2O3. The highest BCUT2D eigenvalue weighted by atomic mass is 16.5. The van der Waals surface area contributed by atoms with Crippen molar-refractivity contribution in [1.82, 2.24) is 9.55 Å². The maximum Gasteiger partial charge on any atom is 0.299 e. The molecular weight excluding hydrogens is 220 g/mol. The zero-order chi connectivity index (χ0) is 12.8. The number of ketones is 1. The van der Waals surface area contributed by atoms with Crippen LogP contribution >= 0.6 is 0 Å². The molecule has 5 nitrogen and oxygen atoms in total. The molecule has 0 N–H and O–H groups in total. The molecule has 1 aromatic rings. The predicted octanol–water partition coefficient (Wildman–Crippen LogP) is 1.32. The lowest BCUT2D eigenvalue weighted by molar-refractivity contribution is -0.117. The van der Waals surface area contributed by atoms with E-state index in [0.29, 0.717) is 24.7 Å². The van der Waals surface area contributed by atoms with Gasteiger partial charge < -0.3 is 9.53 Å². The molecule has 1 rings (SSSR count). The van der Waals surface area contributed by atoms with Gasteiger partial charge in [0.05, 0.1) is 7.11 Å². The van der Waals surface area contributed by atoms with Crippen LogP contribution in [0.4, 0.5) is 0 Å². The molecule has 0 fully saturated rings. The van der Waals surface area contributed by atoms with Crippen molar-refractivity contribution in [3.05, 3.63) is 22.1 Å². The Kier molecular flexibility index (Phi) is 4.87. The van der Waals surface area contributed by atoms with E-state index in [2.05, 4.69) is 4.98 Å². The Morgan fingerprint density at radius 2 is 2.18 bits per heavy atom. The van der Waals surface area contributed by atoms with E-state index in [-0.39, 0.29) is 11.3 Å². The summed E-state index contributed by atoms with van der Waals surface area (Å²) in [6.45, 7) is 3.85. The van der Waals surface area contributed by atoms with Gasteiger partial charge in [0.25, 0.3) is 11.6 Å². The molecule has 0 radical (unpaired) electrons. The first-order valence-corrected chi connectivity index (χ1v) is 5.66. The van der Waals surface area contributed by atoms with Gasteiger partial charge in [-0.2, -0.15) is 0 Å². The summed E-state index contributed by atoms with van der Waals surface area (Å²) in [5.41, 5.74) is 0.531. The van der Waals surface area contributed by atoms with Crippen LogP contribution in [0.5, 0.6) is 6.01 Å². The maximum absolute atomic E-state index is 11.7. The molecule has 0 saturated heterocycles. The number of ether oxygens (including phenoxy) is 1. The fourth-order valence-corrected chi connectivity index (χ4v) is 1.60. The topological polar surface area (TPSA) is 61.2 Å². The van der Waals surface area contributed by atoms with Crippen molar-refractivity contribution in [2.75, 3.05) is 7.11 Å². The monoisotopic (exact) mass is 238 g/mol. The summed E-state index contributed by atoms with van der Waals surface area (Å²) in [5.74, 6) is 0.173. The molecule has 17 heavy (non-hydrogen) atoms. The summed E-state index contributed by atoms with van der Waals surface area (Å²) in [7, 11) is 1.49. The number of Topliss-reactive ketones (excluding diaryl/α,β-unsaturated/α-hetero) is 1. The number of rotatable bonds is 6. The summed E-state index contributed by atoms with van der Waals surface area (Å²) >= 11 is 0. The first-order valence-electron chi connectivity index (χ1n) is 5.66. The Morgan fingerprint density at radius 3 is 2.76 bits per heavy atom. The smallest absolute Gasteiger partial charge is 0.299 e. The fourth-order valence-electron chi connectivity index (χ4n) is 1.60. The molecule has 0 aliphatic heterocycles. The number of aromatic nitrogens is 2.